The van der Waals surface area contributed by atoms with E-state index in [0.29, 0.717) is 32.3 Å². The highest BCUT2D eigenvalue weighted by Gasteiger charge is 2.21. The Hall–Kier alpha value is -1.16. The van der Waals surface area contributed by atoms with Gasteiger partial charge < -0.3 is 20.5 Å². The Labute approximate surface area is 128 Å². The highest BCUT2D eigenvalue weighted by atomic mass is 32.2. The summed E-state index contributed by atoms with van der Waals surface area (Å²) < 4.78 is 29.4. The largest absolute Gasteiger partial charge is 0.390 e. The molecule has 1 saturated heterocycles. The highest BCUT2D eigenvalue weighted by Crippen LogP contribution is 2.18. The summed E-state index contributed by atoms with van der Waals surface area (Å²) >= 11 is 1.14. The molecule has 1 aliphatic heterocycles. The van der Waals surface area contributed by atoms with Gasteiger partial charge in [-0.15, -0.1) is 11.3 Å². The number of morpholine rings is 1. The molecule has 3 N–H and O–H groups in total. The van der Waals surface area contributed by atoms with Crippen LogP contribution in [0, 0.1) is 0 Å². The van der Waals surface area contributed by atoms with Gasteiger partial charge in [0, 0.05) is 13.1 Å². The van der Waals surface area contributed by atoms with E-state index in [0.717, 1.165) is 11.3 Å². The molecule has 0 radical (unpaired) electrons. The van der Waals surface area contributed by atoms with Crippen molar-refractivity contribution >= 4 is 27.1 Å². The van der Waals surface area contributed by atoms with Crippen LogP contribution in [0.2, 0.25) is 0 Å². The SMILES string of the molecule is NC(=NCC(O)CS(=O)(=O)c1cccs1)N1CCOCC1. The zero-order valence-electron chi connectivity index (χ0n) is 11.5. The number of hydrogen-bond acceptors (Lipinski definition) is 6. The summed E-state index contributed by atoms with van der Waals surface area (Å²) in [7, 11) is -3.46. The van der Waals surface area contributed by atoms with E-state index < -0.39 is 15.9 Å². The second-order valence-electron chi connectivity index (χ2n) is 4.67. The molecule has 0 amide bonds. The third-order valence-electron chi connectivity index (χ3n) is 3.01. The molecule has 0 bridgehead atoms. The number of aliphatic imine (C=N–C) groups is 1. The zero-order valence-corrected chi connectivity index (χ0v) is 13.1. The lowest BCUT2D eigenvalue weighted by Gasteiger charge is -2.27. The van der Waals surface area contributed by atoms with Crippen LogP contribution in [-0.2, 0) is 14.6 Å². The summed E-state index contributed by atoms with van der Waals surface area (Å²) in [6.45, 7) is 2.45. The van der Waals surface area contributed by atoms with Crippen LogP contribution in [0.5, 0.6) is 0 Å². The van der Waals surface area contributed by atoms with Gasteiger partial charge in [0.25, 0.3) is 0 Å². The van der Waals surface area contributed by atoms with E-state index in [1.54, 1.807) is 11.4 Å². The van der Waals surface area contributed by atoms with E-state index in [1.807, 2.05) is 4.90 Å². The maximum absolute atomic E-state index is 12.0. The summed E-state index contributed by atoms with van der Waals surface area (Å²) in [4.78, 5) is 5.92. The predicted molar refractivity (Wildman–Crippen MR) is 81.3 cm³/mol. The first kappa shape index (κ1) is 16.2. The fourth-order valence-electron chi connectivity index (χ4n) is 1.92. The van der Waals surface area contributed by atoms with Crippen molar-refractivity contribution in [2.45, 2.75) is 10.3 Å². The van der Waals surface area contributed by atoms with Crippen molar-refractivity contribution in [1.29, 1.82) is 0 Å². The normalized spacial score (nSPS) is 18.7. The molecule has 2 heterocycles. The van der Waals surface area contributed by atoms with Crippen LogP contribution in [0.25, 0.3) is 0 Å². The van der Waals surface area contributed by atoms with Crippen molar-refractivity contribution in [1.82, 2.24) is 4.90 Å². The van der Waals surface area contributed by atoms with Gasteiger partial charge in [-0.3, -0.25) is 4.99 Å². The molecule has 21 heavy (non-hydrogen) atoms. The molecule has 1 aromatic rings. The number of thiophene rings is 1. The number of aliphatic hydroxyl groups excluding tert-OH is 1. The molecule has 1 fully saturated rings. The lowest BCUT2D eigenvalue weighted by molar-refractivity contribution is 0.0673. The van der Waals surface area contributed by atoms with Crippen LogP contribution < -0.4 is 5.73 Å². The average molecular weight is 333 g/mol. The Morgan fingerprint density at radius 2 is 2.24 bits per heavy atom. The van der Waals surface area contributed by atoms with Gasteiger partial charge in [0.1, 0.15) is 4.21 Å². The van der Waals surface area contributed by atoms with Crippen LogP contribution in [0.4, 0.5) is 0 Å². The van der Waals surface area contributed by atoms with E-state index in [-0.39, 0.29) is 16.5 Å². The van der Waals surface area contributed by atoms with Crippen molar-refractivity contribution < 1.29 is 18.3 Å². The minimum Gasteiger partial charge on any atom is -0.390 e. The van der Waals surface area contributed by atoms with Crippen molar-refractivity contribution in [2.75, 3.05) is 38.6 Å². The predicted octanol–water partition coefficient (Wildman–Crippen LogP) is -0.470. The minimum absolute atomic E-state index is 0.0339. The second kappa shape index (κ2) is 7.21. The smallest absolute Gasteiger partial charge is 0.191 e. The van der Waals surface area contributed by atoms with Gasteiger partial charge in [-0.05, 0) is 11.4 Å². The molecular weight excluding hydrogens is 314 g/mol. The van der Waals surface area contributed by atoms with E-state index in [1.165, 1.54) is 6.07 Å². The lowest BCUT2D eigenvalue weighted by Crippen LogP contribution is -2.45. The Morgan fingerprint density at radius 3 is 2.86 bits per heavy atom. The number of guanidine groups is 1. The first-order chi connectivity index (χ1) is 9.99. The van der Waals surface area contributed by atoms with Gasteiger partial charge in [-0.25, -0.2) is 8.42 Å². The quantitative estimate of drug-likeness (QED) is 0.557. The van der Waals surface area contributed by atoms with Gasteiger partial charge in [0.05, 0.1) is 31.6 Å². The van der Waals surface area contributed by atoms with Crippen LogP contribution in [0.1, 0.15) is 0 Å². The van der Waals surface area contributed by atoms with E-state index in [4.69, 9.17) is 10.5 Å². The summed E-state index contributed by atoms with van der Waals surface area (Å²) in [6, 6.07) is 3.19. The number of aliphatic hydroxyl groups is 1. The molecule has 1 aromatic heterocycles. The Kier molecular flexibility index (Phi) is 5.57. The highest BCUT2D eigenvalue weighted by molar-refractivity contribution is 7.93. The summed E-state index contributed by atoms with van der Waals surface area (Å²) in [5, 5.41) is 11.5. The molecule has 1 aliphatic rings. The Morgan fingerprint density at radius 1 is 1.52 bits per heavy atom. The molecule has 7 nitrogen and oxygen atoms in total. The van der Waals surface area contributed by atoms with Crippen molar-refractivity contribution in [3.8, 4) is 0 Å². The maximum atomic E-state index is 12.0. The molecule has 0 aromatic carbocycles. The molecule has 1 atom stereocenters. The Balaban J connectivity index is 1.88. The van der Waals surface area contributed by atoms with E-state index >= 15 is 0 Å². The molecular formula is C12H19N3O4S2. The molecule has 2 rings (SSSR count). The lowest BCUT2D eigenvalue weighted by atomic mass is 10.4. The number of nitrogens with zero attached hydrogens (tertiary/aromatic N) is 2. The third kappa shape index (κ3) is 4.67. The van der Waals surface area contributed by atoms with E-state index in [2.05, 4.69) is 4.99 Å². The second-order valence-corrected chi connectivity index (χ2v) is 7.87. The van der Waals surface area contributed by atoms with Gasteiger partial charge in [0.2, 0.25) is 0 Å². The maximum Gasteiger partial charge on any atom is 0.191 e. The molecule has 1 unspecified atom stereocenters. The average Bonchev–Trinajstić information content (AvgIpc) is 3.00. The van der Waals surface area contributed by atoms with Gasteiger partial charge in [0.15, 0.2) is 15.8 Å². The first-order valence-electron chi connectivity index (χ1n) is 6.56. The fourth-order valence-corrected chi connectivity index (χ4v) is 4.39. The Bertz CT molecular complexity index is 565. The van der Waals surface area contributed by atoms with Crippen molar-refractivity contribution in [3.63, 3.8) is 0 Å². The molecule has 9 heteroatoms. The number of ether oxygens (including phenoxy) is 1. The monoisotopic (exact) mass is 333 g/mol. The zero-order chi connectivity index (χ0) is 15.3. The third-order valence-corrected chi connectivity index (χ3v) is 6.30. The fraction of sp³-hybridized carbons (Fsp3) is 0.583. The van der Waals surface area contributed by atoms with Gasteiger partial charge >= 0.3 is 0 Å². The standard InChI is InChI=1S/C12H19N3O4S2/c13-12(15-3-5-19-6-4-15)14-8-10(16)9-21(17,18)11-2-1-7-20-11/h1-2,7,10,16H,3-6,8-9H2,(H2,13,14). The van der Waals surface area contributed by atoms with Crippen LogP contribution >= 0.6 is 11.3 Å². The first-order valence-corrected chi connectivity index (χ1v) is 9.09. The van der Waals surface area contributed by atoms with E-state index in [9.17, 15) is 13.5 Å². The van der Waals surface area contributed by atoms with Crippen molar-refractivity contribution in [2.24, 2.45) is 10.7 Å². The van der Waals surface area contributed by atoms with Crippen LogP contribution in [-0.4, -0.2) is 69.1 Å². The minimum atomic E-state index is -3.46. The number of nitrogens with two attached hydrogens (primary N) is 1. The van der Waals surface area contributed by atoms with Crippen LogP contribution in [0.3, 0.4) is 0 Å². The van der Waals surface area contributed by atoms with Gasteiger partial charge in [-0.2, -0.15) is 0 Å². The summed E-state index contributed by atoms with van der Waals surface area (Å²) in [5.41, 5.74) is 5.82. The molecule has 0 spiro atoms. The van der Waals surface area contributed by atoms with Crippen molar-refractivity contribution in [3.05, 3.63) is 17.5 Å². The van der Waals surface area contributed by atoms with Crippen LogP contribution in [0.15, 0.2) is 26.7 Å². The summed E-state index contributed by atoms with van der Waals surface area (Å²) in [5.74, 6) is -0.0428. The number of sulfone groups is 1. The summed E-state index contributed by atoms with van der Waals surface area (Å²) in [6.07, 6.45) is -1.07. The molecule has 118 valence electrons. The molecule has 0 aliphatic carbocycles. The number of hydrogen-bond donors (Lipinski definition) is 2. The topological polar surface area (TPSA) is 105 Å². The number of rotatable bonds is 5. The van der Waals surface area contributed by atoms with Gasteiger partial charge in [-0.1, -0.05) is 6.07 Å². The molecule has 0 saturated carbocycles.